The molecule has 0 aromatic heterocycles. The number of carbonyl (C=O) groups is 1. The van der Waals surface area contributed by atoms with Crippen molar-refractivity contribution in [1.82, 2.24) is 4.90 Å². The maximum Gasteiger partial charge on any atom is 0.227 e. The van der Waals surface area contributed by atoms with Crippen molar-refractivity contribution >= 4 is 11.6 Å². The fourth-order valence-electron chi connectivity index (χ4n) is 2.95. The van der Waals surface area contributed by atoms with Crippen molar-refractivity contribution in [1.29, 1.82) is 0 Å². The van der Waals surface area contributed by atoms with Crippen molar-refractivity contribution in [2.75, 3.05) is 38.2 Å². The summed E-state index contributed by atoms with van der Waals surface area (Å²) in [6, 6.07) is 14.8. The number of phenolic OH excluding ortho intramolecular Hbond substituents is 1. The van der Waals surface area contributed by atoms with Gasteiger partial charge in [0.05, 0.1) is 13.5 Å². The lowest BCUT2D eigenvalue weighted by Crippen LogP contribution is -2.49. The molecule has 126 valence electrons. The Morgan fingerprint density at radius 2 is 1.79 bits per heavy atom. The molecular weight excluding hydrogens is 304 g/mol. The van der Waals surface area contributed by atoms with Gasteiger partial charge in [-0.05, 0) is 42.0 Å². The average Bonchev–Trinajstić information content (AvgIpc) is 2.62. The summed E-state index contributed by atoms with van der Waals surface area (Å²) in [6.07, 6.45) is 0.399. The zero-order valence-corrected chi connectivity index (χ0v) is 13.8. The third-order valence-corrected chi connectivity index (χ3v) is 4.34. The summed E-state index contributed by atoms with van der Waals surface area (Å²) in [5.41, 5.74) is 2.05. The van der Waals surface area contributed by atoms with Crippen molar-refractivity contribution in [3.05, 3.63) is 54.1 Å². The standard InChI is InChI=1S/C19H22N2O3/c1-24-18-4-2-3-15(13-18)14-19(23)21-11-9-20(10-12-21)16-5-7-17(22)8-6-16/h2-8,13,22H,9-12,14H2,1H3. The van der Waals surface area contributed by atoms with Crippen LogP contribution in [0.5, 0.6) is 11.5 Å². The predicted octanol–water partition coefficient (Wildman–Crippen LogP) is 2.29. The van der Waals surface area contributed by atoms with Gasteiger partial charge < -0.3 is 19.6 Å². The van der Waals surface area contributed by atoms with Crippen LogP contribution < -0.4 is 9.64 Å². The van der Waals surface area contributed by atoms with Crippen LogP contribution in [0.15, 0.2) is 48.5 Å². The summed E-state index contributed by atoms with van der Waals surface area (Å²) in [6.45, 7) is 3.02. The van der Waals surface area contributed by atoms with Crippen molar-refractivity contribution < 1.29 is 14.6 Å². The van der Waals surface area contributed by atoms with Crippen LogP contribution in [0.1, 0.15) is 5.56 Å². The molecule has 2 aromatic carbocycles. The molecule has 0 atom stereocenters. The minimum Gasteiger partial charge on any atom is -0.508 e. The Balaban J connectivity index is 1.55. The second kappa shape index (κ2) is 7.25. The molecule has 3 rings (SSSR count). The van der Waals surface area contributed by atoms with Crippen LogP contribution in [0.3, 0.4) is 0 Å². The fraction of sp³-hybridized carbons (Fsp3) is 0.316. The van der Waals surface area contributed by atoms with E-state index in [2.05, 4.69) is 4.90 Å². The van der Waals surface area contributed by atoms with E-state index in [-0.39, 0.29) is 11.7 Å². The van der Waals surface area contributed by atoms with Crippen molar-refractivity contribution in [2.45, 2.75) is 6.42 Å². The van der Waals surface area contributed by atoms with Gasteiger partial charge in [-0.1, -0.05) is 12.1 Å². The molecular formula is C19H22N2O3. The Hall–Kier alpha value is -2.69. The van der Waals surface area contributed by atoms with E-state index in [9.17, 15) is 9.90 Å². The number of carbonyl (C=O) groups excluding carboxylic acids is 1. The Bertz CT molecular complexity index is 692. The van der Waals surface area contributed by atoms with E-state index in [0.717, 1.165) is 30.1 Å². The first-order valence-corrected chi connectivity index (χ1v) is 8.10. The van der Waals surface area contributed by atoms with E-state index >= 15 is 0 Å². The van der Waals surface area contributed by atoms with Gasteiger partial charge in [0.25, 0.3) is 0 Å². The molecule has 2 aromatic rings. The van der Waals surface area contributed by atoms with Gasteiger partial charge in [0.2, 0.25) is 5.91 Å². The summed E-state index contributed by atoms with van der Waals surface area (Å²) in [5.74, 6) is 1.19. The smallest absolute Gasteiger partial charge is 0.227 e. The number of hydrogen-bond acceptors (Lipinski definition) is 4. The van der Waals surface area contributed by atoms with Crippen molar-refractivity contribution in [3.8, 4) is 11.5 Å². The largest absolute Gasteiger partial charge is 0.508 e. The normalized spacial score (nSPS) is 14.5. The zero-order valence-electron chi connectivity index (χ0n) is 13.8. The van der Waals surface area contributed by atoms with Gasteiger partial charge >= 0.3 is 0 Å². The molecule has 0 bridgehead atoms. The first-order chi connectivity index (χ1) is 11.7. The van der Waals surface area contributed by atoms with Crippen molar-refractivity contribution in [3.63, 3.8) is 0 Å². The van der Waals surface area contributed by atoms with Crippen LogP contribution in [-0.4, -0.2) is 49.2 Å². The second-order valence-electron chi connectivity index (χ2n) is 5.91. The molecule has 1 saturated heterocycles. The Kier molecular flexibility index (Phi) is 4.89. The van der Waals surface area contributed by atoms with Gasteiger partial charge in [0.1, 0.15) is 11.5 Å². The number of ether oxygens (including phenoxy) is 1. The Morgan fingerprint density at radius 3 is 2.46 bits per heavy atom. The fourth-order valence-corrected chi connectivity index (χ4v) is 2.95. The van der Waals surface area contributed by atoms with Gasteiger partial charge in [-0.3, -0.25) is 4.79 Å². The van der Waals surface area contributed by atoms with Crippen LogP contribution in [0.25, 0.3) is 0 Å². The summed E-state index contributed by atoms with van der Waals surface area (Å²) < 4.78 is 5.20. The minimum absolute atomic E-state index is 0.147. The number of benzene rings is 2. The molecule has 5 nitrogen and oxygen atoms in total. The molecule has 0 aliphatic carbocycles. The first kappa shape index (κ1) is 16.2. The van der Waals surface area contributed by atoms with E-state index in [1.807, 2.05) is 41.3 Å². The number of amides is 1. The highest BCUT2D eigenvalue weighted by Crippen LogP contribution is 2.20. The van der Waals surface area contributed by atoms with E-state index in [1.54, 1.807) is 19.2 Å². The molecule has 1 N–H and O–H groups in total. The highest BCUT2D eigenvalue weighted by atomic mass is 16.5. The molecule has 1 aliphatic rings. The van der Waals surface area contributed by atoms with Crippen molar-refractivity contribution in [2.24, 2.45) is 0 Å². The number of methoxy groups -OCH3 is 1. The van der Waals surface area contributed by atoms with Crippen LogP contribution in [-0.2, 0) is 11.2 Å². The molecule has 0 spiro atoms. The predicted molar refractivity (Wildman–Crippen MR) is 93.6 cm³/mol. The summed E-state index contributed by atoms with van der Waals surface area (Å²) in [4.78, 5) is 16.6. The molecule has 1 heterocycles. The average molecular weight is 326 g/mol. The van der Waals surface area contributed by atoms with Crippen LogP contribution in [0.4, 0.5) is 5.69 Å². The zero-order chi connectivity index (χ0) is 16.9. The molecule has 0 radical (unpaired) electrons. The minimum atomic E-state index is 0.147. The number of nitrogens with zero attached hydrogens (tertiary/aromatic N) is 2. The van der Waals surface area contributed by atoms with Gasteiger partial charge in [-0.15, -0.1) is 0 Å². The first-order valence-electron chi connectivity index (χ1n) is 8.10. The monoisotopic (exact) mass is 326 g/mol. The van der Waals surface area contributed by atoms with Crippen LogP contribution >= 0.6 is 0 Å². The van der Waals surface area contributed by atoms with E-state index in [1.165, 1.54) is 0 Å². The second-order valence-corrected chi connectivity index (χ2v) is 5.91. The van der Waals surface area contributed by atoms with Gasteiger partial charge in [0, 0.05) is 31.9 Å². The number of hydrogen-bond donors (Lipinski definition) is 1. The van der Waals surface area contributed by atoms with Gasteiger partial charge in [-0.25, -0.2) is 0 Å². The summed E-state index contributed by atoms with van der Waals surface area (Å²) in [5, 5.41) is 9.37. The maximum atomic E-state index is 12.5. The molecule has 1 fully saturated rings. The Labute approximate surface area is 142 Å². The molecule has 0 unspecified atom stereocenters. The summed E-state index contributed by atoms with van der Waals surface area (Å²) in [7, 11) is 1.63. The van der Waals surface area contributed by atoms with E-state index < -0.39 is 0 Å². The highest BCUT2D eigenvalue weighted by Gasteiger charge is 2.21. The number of phenols is 1. The maximum absolute atomic E-state index is 12.5. The lowest BCUT2D eigenvalue weighted by molar-refractivity contribution is -0.130. The lowest BCUT2D eigenvalue weighted by Gasteiger charge is -2.36. The number of anilines is 1. The highest BCUT2D eigenvalue weighted by molar-refractivity contribution is 5.79. The van der Waals surface area contributed by atoms with Gasteiger partial charge in [0.15, 0.2) is 0 Å². The van der Waals surface area contributed by atoms with E-state index in [0.29, 0.717) is 19.5 Å². The SMILES string of the molecule is COc1cccc(CC(=O)N2CCN(c3ccc(O)cc3)CC2)c1. The molecule has 1 amide bonds. The third kappa shape index (κ3) is 3.79. The number of rotatable bonds is 4. The quantitative estimate of drug-likeness (QED) is 0.937. The van der Waals surface area contributed by atoms with Crippen LogP contribution in [0.2, 0.25) is 0 Å². The lowest BCUT2D eigenvalue weighted by atomic mass is 10.1. The molecule has 24 heavy (non-hydrogen) atoms. The number of piperazine rings is 1. The number of aromatic hydroxyl groups is 1. The molecule has 1 aliphatic heterocycles. The summed E-state index contributed by atoms with van der Waals surface area (Å²) >= 11 is 0. The molecule has 0 saturated carbocycles. The van der Waals surface area contributed by atoms with Gasteiger partial charge in [-0.2, -0.15) is 0 Å². The molecule has 5 heteroatoms. The third-order valence-electron chi connectivity index (χ3n) is 4.34. The van der Waals surface area contributed by atoms with Crippen LogP contribution in [0, 0.1) is 0 Å². The van der Waals surface area contributed by atoms with E-state index in [4.69, 9.17) is 4.74 Å². The topological polar surface area (TPSA) is 53.0 Å². The Morgan fingerprint density at radius 1 is 1.08 bits per heavy atom.